The second-order valence-corrected chi connectivity index (χ2v) is 18.9. The predicted molar refractivity (Wildman–Crippen MR) is 268 cm³/mol. The van der Waals surface area contributed by atoms with Gasteiger partial charge in [-0.1, -0.05) is 167 Å². The SMILES string of the molecule is [2H]C([2H])([2H])c1ccc(-n2c(-c3cc(C)cc(C)c3O[CH2-])nc3c(-c4[c-]c(-c5cc(-c6ccc(-c7ccccc7)cc6)ccn5)cc(C(C)(C)C)c4)cccc32)c(-c2ccc(C(C)(C)C)cc2)c1.[Pt+2]. The van der Waals surface area contributed by atoms with E-state index in [9.17, 15) is 0 Å². The van der Waals surface area contributed by atoms with Gasteiger partial charge in [0.15, 0.2) is 0 Å². The molecule has 4 nitrogen and oxygen atoms in total. The molecule has 0 N–H and O–H groups in total. The molecule has 65 heavy (non-hydrogen) atoms. The van der Waals surface area contributed by atoms with Gasteiger partial charge in [-0.15, -0.1) is 29.3 Å². The standard InChI is InChI=1S/C60H55N3O.Pt/c1-38-19-28-54(51(32-38)44-24-26-48(27-25-44)59(4,5)6)63-55-18-14-17-50(56(55)62-58(63)52-33-39(2)31-40(3)57(52)64-10)46-34-47(36-49(35-46)60(7,8)9)53-37-45(29-30-61-53)43-22-20-42(21-23-43)41-15-12-11-13-16-41;/h11-33,35-37H,10H2,1-9H3;/q-2;+2/i1D3;. The largest absolute Gasteiger partial charge is 2.00 e. The van der Waals surface area contributed by atoms with Crippen LogP contribution in [-0.2, 0) is 31.9 Å². The van der Waals surface area contributed by atoms with Gasteiger partial charge in [-0.2, -0.15) is 7.11 Å². The number of nitrogens with zero attached hydrogens (tertiary/aromatic N) is 3. The summed E-state index contributed by atoms with van der Waals surface area (Å²) in [5.41, 5.74) is 17.1. The Kier molecular flexibility index (Phi) is 11.4. The minimum absolute atomic E-state index is 0. The smallest absolute Gasteiger partial charge is 0.665 e. The van der Waals surface area contributed by atoms with Crippen LogP contribution >= 0.6 is 0 Å². The van der Waals surface area contributed by atoms with Crippen molar-refractivity contribution in [3.8, 4) is 78.6 Å². The third kappa shape index (κ3) is 9.02. The summed E-state index contributed by atoms with van der Waals surface area (Å²) in [6.45, 7) is 15.0. The molecule has 9 rings (SSSR count). The Morgan fingerprint density at radius 3 is 1.91 bits per heavy atom. The normalized spacial score (nSPS) is 12.6. The first-order valence-corrected chi connectivity index (χ1v) is 21.9. The van der Waals surface area contributed by atoms with Crippen molar-refractivity contribution in [3.63, 3.8) is 0 Å². The molecular weight excluding hydrogens is 974 g/mol. The van der Waals surface area contributed by atoms with Crippen molar-refractivity contribution in [3.05, 3.63) is 199 Å². The van der Waals surface area contributed by atoms with E-state index in [0.29, 0.717) is 11.6 Å². The summed E-state index contributed by atoms with van der Waals surface area (Å²) in [5.74, 6) is 1.25. The molecule has 0 amide bonds. The average Bonchev–Trinajstić information content (AvgIpc) is 3.70. The molecule has 0 unspecified atom stereocenters. The van der Waals surface area contributed by atoms with E-state index in [1.165, 1.54) is 16.7 Å². The van der Waals surface area contributed by atoms with Crippen LogP contribution in [0, 0.1) is 33.9 Å². The molecule has 0 radical (unpaired) electrons. The number of hydrogen-bond acceptors (Lipinski definition) is 3. The molecule has 0 aliphatic heterocycles. The van der Waals surface area contributed by atoms with Gasteiger partial charge in [0.2, 0.25) is 0 Å². The number of fused-ring (bicyclic) bond motifs is 1. The van der Waals surface area contributed by atoms with Gasteiger partial charge in [0.25, 0.3) is 0 Å². The topological polar surface area (TPSA) is 39.9 Å². The number of imidazole rings is 1. The maximum absolute atomic E-state index is 8.44. The zero-order chi connectivity index (χ0) is 47.4. The van der Waals surface area contributed by atoms with E-state index in [4.69, 9.17) is 18.8 Å². The Hall–Kier alpha value is -6.35. The third-order valence-corrected chi connectivity index (χ3v) is 12.2. The zero-order valence-electron chi connectivity index (χ0n) is 41.3. The molecule has 326 valence electrons. The van der Waals surface area contributed by atoms with E-state index in [1.54, 1.807) is 12.1 Å². The molecule has 2 heterocycles. The van der Waals surface area contributed by atoms with Gasteiger partial charge >= 0.3 is 21.1 Å². The van der Waals surface area contributed by atoms with E-state index < -0.39 is 6.85 Å². The molecule has 2 aromatic heterocycles. The van der Waals surface area contributed by atoms with Crippen molar-refractivity contribution >= 4 is 11.0 Å². The van der Waals surface area contributed by atoms with Crippen LogP contribution < -0.4 is 4.74 Å². The molecular formula is C60H55N3OPt. The van der Waals surface area contributed by atoms with Gasteiger partial charge in [0, 0.05) is 21.6 Å². The number of pyridine rings is 1. The summed E-state index contributed by atoms with van der Waals surface area (Å²) in [5, 5.41) is 0. The van der Waals surface area contributed by atoms with E-state index in [0.717, 1.165) is 83.6 Å². The zero-order valence-corrected chi connectivity index (χ0v) is 40.6. The number of aromatic nitrogens is 3. The minimum atomic E-state index is -2.32. The van der Waals surface area contributed by atoms with Crippen LogP contribution in [-0.4, -0.2) is 14.5 Å². The monoisotopic (exact) mass is 1030 g/mol. The third-order valence-electron chi connectivity index (χ3n) is 12.2. The Labute approximate surface area is 403 Å². The molecule has 0 saturated heterocycles. The quantitative estimate of drug-likeness (QED) is 0.142. The Bertz CT molecular complexity index is 3290. The summed E-state index contributed by atoms with van der Waals surface area (Å²) in [6, 6.07) is 55.8. The van der Waals surface area contributed by atoms with E-state index in [-0.39, 0.29) is 37.5 Å². The van der Waals surface area contributed by atoms with Crippen molar-refractivity contribution in [1.29, 1.82) is 0 Å². The number of para-hydroxylation sites is 1. The minimum Gasteiger partial charge on any atom is -0.665 e. The first-order chi connectivity index (χ1) is 31.9. The molecule has 0 aliphatic rings. The predicted octanol–water partition coefficient (Wildman–Crippen LogP) is 15.9. The summed E-state index contributed by atoms with van der Waals surface area (Å²) < 4.78 is 33.4. The summed E-state index contributed by atoms with van der Waals surface area (Å²) in [4.78, 5) is 10.5. The Morgan fingerprint density at radius 1 is 0.585 bits per heavy atom. The first-order valence-electron chi connectivity index (χ1n) is 23.4. The molecule has 0 fully saturated rings. The van der Waals surface area contributed by atoms with Crippen molar-refractivity contribution in [2.75, 3.05) is 0 Å². The van der Waals surface area contributed by atoms with Crippen LogP contribution in [0.2, 0.25) is 0 Å². The van der Waals surface area contributed by atoms with Crippen LogP contribution in [0.5, 0.6) is 5.75 Å². The fourth-order valence-corrected chi connectivity index (χ4v) is 8.69. The van der Waals surface area contributed by atoms with Crippen LogP contribution in [0.25, 0.3) is 83.9 Å². The number of aryl methyl sites for hydroxylation is 3. The molecule has 0 atom stereocenters. The van der Waals surface area contributed by atoms with E-state index in [2.05, 4.69) is 194 Å². The fraction of sp³-hybridized carbons (Fsp3) is 0.183. The Morgan fingerprint density at radius 2 is 1.23 bits per heavy atom. The summed E-state index contributed by atoms with van der Waals surface area (Å²) >= 11 is 0. The van der Waals surface area contributed by atoms with Crippen LogP contribution in [0.15, 0.2) is 158 Å². The van der Waals surface area contributed by atoms with Gasteiger partial charge in [-0.3, -0.25) is 9.55 Å². The fourth-order valence-electron chi connectivity index (χ4n) is 8.69. The van der Waals surface area contributed by atoms with Crippen molar-refractivity contribution < 1.29 is 29.9 Å². The van der Waals surface area contributed by atoms with Gasteiger partial charge < -0.3 is 4.74 Å². The number of rotatable bonds is 8. The van der Waals surface area contributed by atoms with Gasteiger partial charge in [0.05, 0.1) is 28.0 Å². The molecule has 0 bridgehead atoms. The van der Waals surface area contributed by atoms with Crippen molar-refractivity contribution in [1.82, 2.24) is 14.5 Å². The average molecular weight is 1030 g/mol. The maximum atomic E-state index is 8.44. The van der Waals surface area contributed by atoms with Crippen LogP contribution in [0.3, 0.4) is 0 Å². The second-order valence-electron chi connectivity index (χ2n) is 18.9. The number of benzene rings is 7. The van der Waals surface area contributed by atoms with E-state index >= 15 is 0 Å². The van der Waals surface area contributed by atoms with Crippen molar-refractivity contribution in [2.45, 2.75) is 73.1 Å². The summed E-state index contributed by atoms with van der Waals surface area (Å²) in [6.07, 6.45) is 1.87. The van der Waals surface area contributed by atoms with E-state index in [1.807, 2.05) is 25.3 Å². The molecule has 7 aromatic carbocycles. The van der Waals surface area contributed by atoms with Crippen molar-refractivity contribution in [2.24, 2.45) is 0 Å². The van der Waals surface area contributed by atoms with Crippen LogP contribution in [0.4, 0.5) is 0 Å². The summed E-state index contributed by atoms with van der Waals surface area (Å²) in [7, 11) is 3.89. The van der Waals surface area contributed by atoms with Crippen LogP contribution in [0.1, 0.15) is 73.5 Å². The molecule has 0 aliphatic carbocycles. The molecule has 0 saturated carbocycles. The second kappa shape index (κ2) is 17.9. The Balaban J connectivity index is 0.00000625. The molecule has 5 heteroatoms. The number of ether oxygens (including phenoxy) is 1. The number of hydrogen-bond donors (Lipinski definition) is 0. The maximum Gasteiger partial charge on any atom is 2.00 e. The molecule has 0 spiro atoms. The first kappa shape index (κ1) is 41.4. The van der Waals surface area contributed by atoms with Gasteiger partial charge in [-0.25, -0.2) is 4.98 Å². The molecule has 9 aromatic rings. The van der Waals surface area contributed by atoms with Gasteiger partial charge in [0.1, 0.15) is 5.82 Å². The van der Waals surface area contributed by atoms with Gasteiger partial charge in [-0.05, 0) is 106 Å².